The highest BCUT2D eigenvalue weighted by Gasteiger charge is 2.05. The van der Waals surface area contributed by atoms with Gasteiger partial charge in [-0.1, -0.05) is 6.58 Å². The normalized spacial score (nSPS) is 18.6. The van der Waals surface area contributed by atoms with E-state index in [1.165, 1.54) is 0 Å². The SMILES string of the molecule is C=C1C(C)=CC(=N)C=C1C. The van der Waals surface area contributed by atoms with E-state index in [0.717, 1.165) is 16.7 Å². The molecule has 0 amide bonds. The summed E-state index contributed by atoms with van der Waals surface area (Å²) in [5.74, 6) is 0. The molecule has 0 aliphatic heterocycles. The highest BCUT2D eigenvalue weighted by molar-refractivity contribution is 6.05. The molecule has 0 radical (unpaired) electrons. The van der Waals surface area contributed by atoms with Crippen LogP contribution in [0.1, 0.15) is 13.8 Å². The van der Waals surface area contributed by atoms with Crippen LogP contribution in [-0.4, -0.2) is 5.71 Å². The Labute approximate surface area is 61.3 Å². The van der Waals surface area contributed by atoms with Crippen molar-refractivity contribution < 1.29 is 0 Å². The summed E-state index contributed by atoms with van der Waals surface area (Å²) in [4.78, 5) is 0. The molecule has 0 aromatic heterocycles. The standard InChI is InChI=1S/C9H11N/c1-6-4-9(10)5-7(2)8(6)3/h4-5,10H,3H2,1-2H3. The Bertz CT molecular complexity index is 230. The lowest BCUT2D eigenvalue weighted by molar-refractivity contribution is 1.31. The second-order valence-corrected chi connectivity index (χ2v) is 2.59. The molecule has 1 rings (SSSR count). The van der Waals surface area contributed by atoms with E-state index in [2.05, 4.69) is 6.58 Å². The van der Waals surface area contributed by atoms with Crippen molar-refractivity contribution in [2.45, 2.75) is 13.8 Å². The van der Waals surface area contributed by atoms with Crippen LogP contribution in [0.25, 0.3) is 0 Å². The van der Waals surface area contributed by atoms with E-state index in [1.807, 2.05) is 26.0 Å². The van der Waals surface area contributed by atoms with Gasteiger partial charge in [-0.3, -0.25) is 0 Å². The van der Waals surface area contributed by atoms with Crippen LogP contribution < -0.4 is 0 Å². The summed E-state index contributed by atoms with van der Waals surface area (Å²) in [6.07, 6.45) is 3.66. The highest BCUT2D eigenvalue weighted by Crippen LogP contribution is 2.20. The maximum Gasteiger partial charge on any atom is 0.0545 e. The molecule has 0 aromatic carbocycles. The molecule has 0 atom stereocenters. The number of nitrogens with one attached hydrogen (secondary N) is 1. The van der Waals surface area contributed by atoms with Gasteiger partial charge in [0, 0.05) is 0 Å². The van der Waals surface area contributed by atoms with E-state index in [0.29, 0.717) is 5.71 Å². The zero-order valence-corrected chi connectivity index (χ0v) is 6.36. The molecule has 0 spiro atoms. The summed E-state index contributed by atoms with van der Waals surface area (Å²) in [6, 6.07) is 0. The van der Waals surface area contributed by atoms with Gasteiger partial charge in [-0.15, -0.1) is 0 Å². The predicted molar refractivity (Wildman–Crippen MR) is 44.4 cm³/mol. The van der Waals surface area contributed by atoms with Gasteiger partial charge in [0.1, 0.15) is 0 Å². The van der Waals surface area contributed by atoms with Gasteiger partial charge in [0.25, 0.3) is 0 Å². The van der Waals surface area contributed by atoms with E-state index in [-0.39, 0.29) is 0 Å². The maximum absolute atomic E-state index is 7.35. The van der Waals surface area contributed by atoms with Crippen molar-refractivity contribution in [1.29, 1.82) is 5.41 Å². The van der Waals surface area contributed by atoms with E-state index in [1.54, 1.807) is 0 Å². The lowest BCUT2D eigenvalue weighted by Crippen LogP contribution is -1.99. The molecule has 0 unspecified atom stereocenters. The molecule has 0 saturated heterocycles. The molecule has 1 N–H and O–H groups in total. The van der Waals surface area contributed by atoms with Gasteiger partial charge in [0.2, 0.25) is 0 Å². The van der Waals surface area contributed by atoms with Gasteiger partial charge in [0.15, 0.2) is 0 Å². The van der Waals surface area contributed by atoms with E-state index in [9.17, 15) is 0 Å². The van der Waals surface area contributed by atoms with Crippen molar-refractivity contribution in [3.05, 3.63) is 35.5 Å². The molecule has 10 heavy (non-hydrogen) atoms. The van der Waals surface area contributed by atoms with Crippen molar-refractivity contribution in [3.63, 3.8) is 0 Å². The van der Waals surface area contributed by atoms with Crippen LogP contribution >= 0.6 is 0 Å². The lowest BCUT2D eigenvalue weighted by atomic mass is 9.95. The van der Waals surface area contributed by atoms with Gasteiger partial charge in [-0.05, 0) is 42.7 Å². The van der Waals surface area contributed by atoms with Crippen LogP contribution in [0, 0.1) is 5.41 Å². The van der Waals surface area contributed by atoms with Gasteiger partial charge in [-0.25, -0.2) is 0 Å². The van der Waals surface area contributed by atoms with E-state index in [4.69, 9.17) is 5.41 Å². The zero-order valence-electron chi connectivity index (χ0n) is 6.36. The monoisotopic (exact) mass is 133 g/mol. The summed E-state index contributed by atoms with van der Waals surface area (Å²) in [6.45, 7) is 7.84. The number of allylic oxidation sites excluding steroid dienone is 5. The number of hydrogen-bond acceptors (Lipinski definition) is 1. The quantitative estimate of drug-likeness (QED) is 0.525. The predicted octanol–water partition coefficient (Wildman–Crippen LogP) is 2.47. The van der Waals surface area contributed by atoms with Crippen molar-refractivity contribution in [3.8, 4) is 0 Å². The molecule has 52 valence electrons. The van der Waals surface area contributed by atoms with Crippen LogP contribution in [0.4, 0.5) is 0 Å². The van der Waals surface area contributed by atoms with Crippen LogP contribution in [0.5, 0.6) is 0 Å². The second-order valence-electron chi connectivity index (χ2n) is 2.59. The fraction of sp³-hybridized carbons (Fsp3) is 0.222. The third-order valence-corrected chi connectivity index (χ3v) is 1.70. The highest BCUT2D eigenvalue weighted by atomic mass is 14.4. The Morgan fingerprint density at radius 3 is 2.00 bits per heavy atom. The fourth-order valence-electron chi connectivity index (χ4n) is 0.993. The zero-order chi connectivity index (χ0) is 7.72. The van der Waals surface area contributed by atoms with E-state index >= 15 is 0 Å². The summed E-state index contributed by atoms with van der Waals surface area (Å²) in [5, 5.41) is 7.35. The molecule has 1 heteroatoms. The first-order valence-electron chi connectivity index (χ1n) is 3.26. The molecule has 1 nitrogen and oxygen atoms in total. The van der Waals surface area contributed by atoms with Gasteiger partial charge in [-0.2, -0.15) is 0 Å². The average molecular weight is 133 g/mol. The molecule has 0 fully saturated rings. The van der Waals surface area contributed by atoms with Crippen molar-refractivity contribution in [1.82, 2.24) is 0 Å². The Morgan fingerprint density at radius 1 is 1.20 bits per heavy atom. The number of rotatable bonds is 0. The first-order valence-corrected chi connectivity index (χ1v) is 3.26. The van der Waals surface area contributed by atoms with Crippen molar-refractivity contribution in [2.24, 2.45) is 0 Å². The minimum Gasteiger partial charge on any atom is -0.301 e. The Kier molecular flexibility index (Phi) is 1.58. The topological polar surface area (TPSA) is 23.9 Å². The van der Waals surface area contributed by atoms with Crippen LogP contribution in [0.15, 0.2) is 35.5 Å². The summed E-state index contributed by atoms with van der Waals surface area (Å²) in [5.41, 5.74) is 3.83. The van der Waals surface area contributed by atoms with Gasteiger partial charge >= 0.3 is 0 Å². The van der Waals surface area contributed by atoms with Crippen LogP contribution in [0.3, 0.4) is 0 Å². The van der Waals surface area contributed by atoms with Crippen molar-refractivity contribution in [2.75, 3.05) is 0 Å². The first kappa shape index (κ1) is 7.00. The molecule has 0 aromatic rings. The Balaban J connectivity index is 3.05. The summed E-state index contributed by atoms with van der Waals surface area (Å²) in [7, 11) is 0. The largest absolute Gasteiger partial charge is 0.301 e. The molecular formula is C9H11N. The average Bonchev–Trinajstić information content (AvgIpc) is 1.82. The molecule has 1 aliphatic rings. The minimum absolute atomic E-state index is 0.572. The Hall–Kier alpha value is -1.11. The minimum atomic E-state index is 0.572. The maximum atomic E-state index is 7.35. The summed E-state index contributed by atoms with van der Waals surface area (Å²) < 4.78 is 0. The molecule has 0 heterocycles. The molecule has 0 bridgehead atoms. The molecule has 1 aliphatic carbocycles. The Morgan fingerprint density at radius 2 is 1.60 bits per heavy atom. The third-order valence-electron chi connectivity index (χ3n) is 1.70. The van der Waals surface area contributed by atoms with Crippen LogP contribution in [-0.2, 0) is 0 Å². The third kappa shape index (κ3) is 1.08. The second kappa shape index (κ2) is 2.25. The molecule has 0 saturated carbocycles. The lowest BCUT2D eigenvalue weighted by Gasteiger charge is -2.11. The first-order chi connectivity index (χ1) is 4.61. The smallest absolute Gasteiger partial charge is 0.0545 e. The summed E-state index contributed by atoms with van der Waals surface area (Å²) >= 11 is 0. The van der Waals surface area contributed by atoms with Gasteiger partial charge in [0.05, 0.1) is 5.71 Å². The van der Waals surface area contributed by atoms with Crippen molar-refractivity contribution >= 4 is 5.71 Å². The van der Waals surface area contributed by atoms with Gasteiger partial charge < -0.3 is 5.41 Å². The number of hydrogen-bond donors (Lipinski definition) is 1. The fourth-order valence-corrected chi connectivity index (χ4v) is 0.993. The van der Waals surface area contributed by atoms with Crippen LogP contribution in [0.2, 0.25) is 0 Å². The molecular weight excluding hydrogens is 122 g/mol. The van der Waals surface area contributed by atoms with E-state index < -0.39 is 0 Å².